The normalized spacial score (nSPS) is 27.1. The minimum Gasteiger partial charge on any atom is -0.465 e. The van der Waals surface area contributed by atoms with Crippen LogP contribution < -0.4 is 5.32 Å². The van der Waals surface area contributed by atoms with Crippen LogP contribution in [-0.4, -0.2) is 24.3 Å². The highest BCUT2D eigenvalue weighted by atomic mass is 16.5. The van der Waals surface area contributed by atoms with Crippen LogP contribution in [-0.2, 0) is 19.1 Å². The maximum Gasteiger partial charge on any atom is 0.316 e. The van der Waals surface area contributed by atoms with E-state index in [9.17, 15) is 14.4 Å². The van der Waals surface area contributed by atoms with Gasteiger partial charge < -0.3 is 10.1 Å². The lowest BCUT2D eigenvalue weighted by molar-refractivity contribution is -0.148. The summed E-state index contributed by atoms with van der Waals surface area (Å²) in [5.41, 5.74) is 1.03. The van der Waals surface area contributed by atoms with Crippen molar-refractivity contribution in [3.8, 4) is 0 Å². The molecule has 0 aromatic carbocycles. The van der Waals surface area contributed by atoms with E-state index in [-0.39, 0.29) is 5.97 Å². The SMILES string of the molecule is CCOC(=O)C1(C2=CC=C3NC(=O)C(=O)C3C2)CC1. The quantitative estimate of drug-likeness (QED) is 0.604. The van der Waals surface area contributed by atoms with Crippen molar-refractivity contribution >= 4 is 17.7 Å². The number of allylic oxidation sites excluding steroid dienone is 3. The molecule has 0 bridgehead atoms. The number of Topliss-reactive ketones (excluding diaryl/α,β-unsaturated/α-hetero) is 1. The van der Waals surface area contributed by atoms with E-state index in [2.05, 4.69) is 5.32 Å². The summed E-state index contributed by atoms with van der Waals surface area (Å²) in [5.74, 6) is -1.59. The van der Waals surface area contributed by atoms with Gasteiger partial charge in [0.05, 0.1) is 17.9 Å². The minimum atomic E-state index is -0.549. The number of ether oxygens (including phenoxy) is 1. The van der Waals surface area contributed by atoms with E-state index in [0.29, 0.717) is 18.7 Å². The van der Waals surface area contributed by atoms with Crippen molar-refractivity contribution in [1.82, 2.24) is 5.32 Å². The molecule has 0 spiro atoms. The molecular formula is C14H15NO4. The third-order valence-electron chi connectivity index (χ3n) is 4.09. The van der Waals surface area contributed by atoms with Gasteiger partial charge in [-0.3, -0.25) is 14.4 Å². The third-order valence-corrected chi connectivity index (χ3v) is 4.09. The van der Waals surface area contributed by atoms with Gasteiger partial charge in [-0.05, 0) is 32.3 Å². The second kappa shape index (κ2) is 4.05. The van der Waals surface area contributed by atoms with E-state index in [1.807, 2.05) is 6.08 Å². The van der Waals surface area contributed by atoms with E-state index in [0.717, 1.165) is 18.4 Å². The largest absolute Gasteiger partial charge is 0.465 e. The molecule has 3 rings (SSSR count). The molecule has 5 nitrogen and oxygen atoms in total. The lowest BCUT2D eigenvalue weighted by Crippen LogP contribution is -2.25. The Labute approximate surface area is 110 Å². The fourth-order valence-electron chi connectivity index (χ4n) is 2.82. The summed E-state index contributed by atoms with van der Waals surface area (Å²) in [4.78, 5) is 35.1. The summed E-state index contributed by atoms with van der Waals surface area (Å²) < 4.78 is 5.11. The van der Waals surface area contributed by atoms with Crippen LogP contribution in [0.2, 0.25) is 0 Å². The summed E-state index contributed by atoms with van der Waals surface area (Å²) >= 11 is 0. The smallest absolute Gasteiger partial charge is 0.316 e. The number of carbonyl (C=O) groups is 3. The van der Waals surface area contributed by atoms with Gasteiger partial charge in [0.1, 0.15) is 0 Å². The Hall–Kier alpha value is -1.91. The molecule has 5 heteroatoms. The number of rotatable bonds is 3. The molecule has 1 N–H and O–H groups in total. The van der Waals surface area contributed by atoms with E-state index in [4.69, 9.17) is 4.74 Å². The standard InChI is InChI=1S/C14H15NO4/c1-2-19-13(18)14(5-6-14)8-3-4-10-9(7-8)11(16)12(17)15-10/h3-4,9H,2,5-7H2,1H3,(H,15,17). The van der Waals surface area contributed by atoms with E-state index < -0.39 is 23.0 Å². The Kier molecular flexibility index (Phi) is 2.59. The van der Waals surface area contributed by atoms with Crippen LogP contribution in [0.4, 0.5) is 0 Å². The highest BCUT2D eigenvalue weighted by molar-refractivity contribution is 6.40. The van der Waals surface area contributed by atoms with Gasteiger partial charge in [-0.2, -0.15) is 0 Å². The summed E-state index contributed by atoms with van der Waals surface area (Å²) in [6.45, 7) is 2.14. The first-order valence-electron chi connectivity index (χ1n) is 6.52. The number of carbonyl (C=O) groups excluding carboxylic acids is 3. The second-order valence-corrected chi connectivity index (χ2v) is 5.19. The molecule has 2 aliphatic carbocycles. The number of hydrogen-bond acceptors (Lipinski definition) is 4. The molecule has 0 radical (unpaired) electrons. The van der Waals surface area contributed by atoms with Crippen molar-refractivity contribution in [2.75, 3.05) is 6.61 Å². The zero-order valence-corrected chi connectivity index (χ0v) is 10.7. The van der Waals surface area contributed by atoms with E-state index in [1.165, 1.54) is 0 Å². The van der Waals surface area contributed by atoms with Crippen LogP contribution in [0.15, 0.2) is 23.4 Å². The van der Waals surface area contributed by atoms with E-state index >= 15 is 0 Å². The Morgan fingerprint density at radius 1 is 1.42 bits per heavy atom. The molecular weight excluding hydrogens is 246 g/mol. The van der Waals surface area contributed by atoms with Crippen molar-refractivity contribution in [2.45, 2.75) is 26.2 Å². The van der Waals surface area contributed by atoms with Crippen LogP contribution in [0.1, 0.15) is 26.2 Å². The lowest BCUT2D eigenvalue weighted by Gasteiger charge is -2.23. The van der Waals surface area contributed by atoms with E-state index in [1.54, 1.807) is 13.0 Å². The maximum atomic E-state index is 12.0. The first-order chi connectivity index (χ1) is 9.08. The summed E-state index contributed by atoms with van der Waals surface area (Å²) in [6, 6.07) is 0. The number of amides is 1. The molecule has 3 aliphatic rings. The number of hydrogen-bond donors (Lipinski definition) is 1. The van der Waals surface area contributed by atoms with Crippen molar-refractivity contribution in [3.05, 3.63) is 23.4 Å². The zero-order valence-electron chi connectivity index (χ0n) is 10.7. The highest BCUT2D eigenvalue weighted by Gasteiger charge is 2.55. The van der Waals surface area contributed by atoms with Crippen LogP contribution in [0.3, 0.4) is 0 Å². The first-order valence-corrected chi connectivity index (χ1v) is 6.52. The van der Waals surface area contributed by atoms with Gasteiger partial charge in [0.25, 0.3) is 5.91 Å². The average Bonchev–Trinajstić information content (AvgIpc) is 3.15. The molecule has 1 amide bonds. The molecule has 1 unspecified atom stereocenters. The number of ketones is 1. The summed E-state index contributed by atoms with van der Waals surface area (Å²) in [6.07, 6.45) is 5.58. The van der Waals surface area contributed by atoms with Crippen molar-refractivity contribution in [2.24, 2.45) is 11.3 Å². The summed E-state index contributed by atoms with van der Waals surface area (Å²) in [7, 11) is 0. The predicted molar refractivity (Wildman–Crippen MR) is 65.7 cm³/mol. The average molecular weight is 261 g/mol. The van der Waals surface area contributed by atoms with Crippen molar-refractivity contribution < 1.29 is 19.1 Å². The van der Waals surface area contributed by atoms with Crippen LogP contribution >= 0.6 is 0 Å². The molecule has 1 saturated heterocycles. The molecule has 0 aromatic heterocycles. The van der Waals surface area contributed by atoms with Crippen LogP contribution in [0.25, 0.3) is 0 Å². The highest BCUT2D eigenvalue weighted by Crippen LogP contribution is 2.56. The number of nitrogens with one attached hydrogen (secondary N) is 1. The van der Waals surface area contributed by atoms with Crippen molar-refractivity contribution in [3.63, 3.8) is 0 Å². The number of esters is 1. The molecule has 2 fully saturated rings. The molecule has 1 heterocycles. The minimum absolute atomic E-state index is 0.206. The van der Waals surface area contributed by atoms with Crippen LogP contribution in [0.5, 0.6) is 0 Å². The summed E-state index contributed by atoms with van der Waals surface area (Å²) in [5, 5.41) is 2.56. The Morgan fingerprint density at radius 2 is 2.16 bits per heavy atom. The molecule has 1 aliphatic heterocycles. The van der Waals surface area contributed by atoms with Gasteiger partial charge in [0.15, 0.2) is 0 Å². The van der Waals surface area contributed by atoms with Gasteiger partial charge in [0.2, 0.25) is 5.78 Å². The third kappa shape index (κ3) is 1.72. The predicted octanol–water partition coefficient (Wildman–Crippen LogP) is 0.859. The topological polar surface area (TPSA) is 72.5 Å². The lowest BCUT2D eigenvalue weighted by atomic mass is 9.82. The van der Waals surface area contributed by atoms with Gasteiger partial charge in [-0.25, -0.2) is 0 Å². The monoisotopic (exact) mass is 261 g/mol. The Morgan fingerprint density at radius 3 is 2.79 bits per heavy atom. The molecule has 100 valence electrons. The van der Waals surface area contributed by atoms with Gasteiger partial charge in [-0.15, -0.1) is 0 Å². The van der Waals surface area contributed by atoms with Gasteiger partial charge in [-0.1, -0.05) is 11.6 Å². The molecule has 1 saturated carbocycles. The maximum absolute atomic E-state index is 12.0. The van der Waals surface area contributed by atoms with Gasteiger partial charge in [0, 0.05) is 5.70 Å². The molecule has 0 aromatic rings. The number of fused-ring (bicyclic) bond motifs is 1. The zero-order chi connectivity index (χ0) is 13.6. The van der Waals surface area contributed by atoms with Crippen LogP contribution in [0, 0.1) is 11.3 Å². The fraction of sp³-hybridized carbons (Fsp3) is 0.500. The molecule has 1 atom stereocenters. The fourth-order valence-corrected chi connectivity index (χ4v) is 2.82. The Bertz CT molecular complexity index is 540. The first kappa shape index (κ1) is 12.1. The van der Waals surface area contributed by atoms with Gasteiger partial charge >= 0.3 is 5.97 Å². The molecule has 19 heavy (non-hydrogen) atoms. The van der Waals surface area contributed by atoms with Crippen molar-refractivity contribution in [1.29, 1.82) is 0 Å². The second-order valence-electron chi connectivity index (χ2n) is 5.19. The Balaban J connectivity index is 1.84.